The number of carbonyl (C=O) groups excluding carboxylic acids is 1. The van der Waals surface area contributed by atoms with E-state index in [4.69, 9.17) is 0 Å². The van der Waals surface area contributed by atoms with E-state index in [1.54, 1.807) is 6.20 Å². The summed E-state index contributed by atoms with van der Waals surface area (Å²) in [4.78, 5) is 15.8. The van der Waals surface area contributed by atoms with Crippen molar-refractivity contribution in [1.82, 2.24) is 4.98 Å². The van der Waals surface area contributed by atoms with Gasteiger partial charge in [0.1, 0.15) is 0 Å². The fraction of sp³-hybridized carbons (Fsp3) is 0.167. The lowest BCUT2D eigenvalue weighted by Crippen LogP contribution is -2.00. The normalized spacial score (nSPS) is 11.2. The van der Waals surface area contributed by atoms with Crippen LogP contribution in [-0.4, -0.2) is 10.8 Å². The van der Waals surface area contributed by atoms with Gasteiger partial charge in [0.25, 0.3) is 0 Å². The largest absolute Gasteiger partial charge is 0.360 e. The van der Waals surface area contributed by atoms with Crippen LogP contribution in [0.15, 0.2) is 53.1 Å². The molecule has 1 N–H and O–H groups in total. The number of nitrogens with one attached hydrogen (secondary N) is 1. The SMILES string of the molecule is CC(C)c1ccc(C(=O)c2c[nH]c3cc(Br)ccc23)cc1. The second-order valence-electron chi connectivity index (χ2n) is 5.50. The van der Waals surface area contributed by atoms with Crippen LogP contribution in [0.5, 0.6) is 0 Å². The number of H-pyrrole nitrogens is 1. The van der Waals surface area contributed by atoms with E-state index in [0.29, 0.717) is 5.92 Å². The maximum atomic E-state index is 12.7. The van der Waals surface area contributed by atoms with Gasteiger partial charge in [0.15, 0.2) is 5.78 Å². The molecule has 1 aromatic heterocycles. The van der Waals surface area contributed by atoms with Crippen molar-refractivity contribution in [3.8, 4) is 0 Å². The Bertz CT molecular complexity index is 800. The average molecular weight is 342 g/mol. The van der Waals surface area contributed by atoms with Crippen molar-refractivity contribution in [2.45, 2.75) is 19.8 Å². The van der Waals surface area contributed by atoms with Gasteiger partial charge in [0.05, 0.1) is 0 Å². The van der Waals surface area contributed by atoms with Crippen LogP contribution in [0, 0.1) is 0 Å². The number of aromatic nitrogens is 1. The number of hydrogen-bond donors (Lipinski definition) is 1. The number of hydrogen-bond acceptors (Lipinski definition) is 1. The molecule has 3 heteroatoms. The summed E-state index contributed by atoms with van der Waals surface area (Å²) < 4.78 is 0.997. The summed E-state index contributed by atoms with van der Waals surface area (Å²) in [6.07, 6.45) is 1.79. The zero-order valence-corrected chi connectivity index (χ0v) is 13.6. The van der Waals surface area contributed by atoms with Crippen LogP contribution in [0.1, 0.15) is 41.3 Å². The Morgan fingerprint density at radius 3 is 2.48 bits per heavy atom. The molecule has 0 aliphatic heterocycles. The third kappa shape index (κ3) is 2.66. The third-order valence-electron chi connectivity index (χ3n) is 3.73. The molecule has 0 saturated heterocycles. The van der Waals surface area contributed by atoms with Crippen LogP contribution in [0.3, 0.4) is 0 Å². The van der Waals surface area contributed by atoms with Crippen LogP contribution in [0.4, 0.5) is 0 Å². The molecule has 0 bridgehead atoms. The summed E-state index contributed by atoms with van der Waals surface area (Å²) in [5, 5.41) is 0.955. The van der Waals surface area contributed by atoms with Crippen molar-refractivity contribution in [3.63, 3.8) is 0 Å². The van der Waals surface area contributed by atoms with Crippen molar-refractivity contribution < 1.29 is 4.79 Å². The summed E-state index contributed by atoms with van der Waals surface area (Å²) in [7, 11) is 0. The molecule has 0 aliphatic carbocycles. The first-order chi connectivity index (χ1) is 10.1. The number of fused-ring (bicyclic) bond motifs is 1. The Balaban J connectivity index is 2.00. The Morgan fingerprint density at radius 2 is 1.81 bits per heavy atom. The summed E-state index contributed by atoms with van der Waals surface area (Å²) in [6, 6.07) is 13.8. The predicted octanol–water partition coefficient (Wildman–Crippen LogP) is 5.28. The number of rotatable bonds is 3. The molecule has 0 fully saturated rings. The molecule has 0 saturated carbocycles. The van der Waals surface area contributed by atoms with Crippen LogP contribution < -0.4 is 0 Å². The summed E-state index contributed by atoms with van der Waals surface area (Å²) in [5.41, 5.74) is 3.65. The average Bonchev–Trinajstić information content (AvgIpc) is 2.89. The topological polar surface area (TPSA) is 32.9 Å². The predicted molar refractivity (Wildman–Crippen MR) is 90.0 cm³/mol. The second-order valence-corrected chi connectivity index (χ2v) is 6.41. The van der Waals surface area contributed by atoms with Crippen molar-refractivity contribution in [2.24, 2.45) is 0 Å². The Labute approximate surface area is 132 Å². The highest BCUT2D eigenvalue weighted by Crippen LogP contribution is 2.25. The molecule has 106 valence electrons. The Hall–Kier alpha value is -1.87. The lowest BCUT2D eigenvalue weighted by atomic mass is 9.98. The first kappa shape index (κ1) is 14.1. The maximum Gasteiger partial charge on any atom is 0.195 e. The van der Waals surface area contributed by atoms with Crippen LogP contribution >= 0.6 is 15.9 Å². The molecule has 1 heterocycles. The number of aromatic amines is 1. The molecule has 21 heavy (non-hydrogen) atoms. The zero-order valence-electron chi connectivity index (χ0n) is 12.0. The van der Waals surface area contributed by atoms with E-state index in [0.717, 1.165) is 26.5 Å². The smallest absolute Gasteiger partial charge is 0.195 e. The minimum absolute atomic E-state index is 0.0545. The van der Waals surface area contributed by atoms with Gasteiger partial charge < -0.3 is 4.98 Å². The van der Waals surface area contributed by atoms with E-state index in [1.165, 1.54) is 5.56 Å². The molecule has 3 rings (SSSR count). The minimum atomic E-state index is 0.0545. The molecule has 0 unspecified atom stereocenters. The fourth-order valence-electron chi connectivity index (χ4n) is 2.46. The van der Waals surface area contributed by atoms with Gasteiger partial charge in [-0.15, -0.1) is 0 Å². The molecule has 0 radical (unpaired) electrons. The van der Waals surface area contributed by atoms with Crippen molar-refractivity contribution in [3.05, 3.63) is 69.8 Å². The zero-order chi connectivity index (χ0) is 15.0. The molecular formula is C18H16BrNO. The highest BCUT2D eigenvalue weighted by molar-refractivity contribution is 9.10. The van der Waals surface area contributed by atoms with Gasteiger partial charge in [-0.2, -0.15) is 0 Å². The fourth-order valence-corrected chi connectivity index (χ4v) is 2.82. The summed E-state index contributed by atoms with van der Waals surface area (Å²) >= 11 is 3.44. The molecule has 2 aromatic carbocycles. The van der Waals surface area contributed by atoms with Gasteiger partial charge in [0, 0.05) is 32.7 Å². The molecule has 0 spiro atoms. The lowest BCUT2D eigenvalue weighted by molar-refractivity contribution is 0.104. The van der Waals surface area contributed by atoms with Crippen molar-refractivity contribution in [2.75, 3.05) is 0 Å². The number of carbonyl (C=O) groups is 1. The van der Waals surface area contributed by atoms with E-state index < -0.39 is 0 Å². The highest BCUT2D eigenvalue weighted by atomic mass is 79.9. The molecule has 2 nitrogen and oxygen atoms in total. The van der Waals surface area contributed by atoms with Crippen LogP contribution in [-0.2, 0) is 0 Å². The highest BCUT2D eigenvalue weighted by Gasteiger charge is 2.14. The van der Waals surface area contributed by atoms with Crippen molar-refractivity contribution >= 4 is 32.6 Å². The van der Waals surface area contributed by atoms with E-state index in [9.17, 15) is 4.79 Å². The lowest BCUT2D eigenvalue weighted by Gasteiger charge is -2.06. The quantitative estimate of drug-likeness (QED) is 0.645. The van der Waals surface area contributed by atoms with Crippen molar-refractivity contribution in [1.29, 1.82) is 0 Å². The van der Waals surface area contributed by atoms with Gasteiger partial charge in [-0.05, 0) is 23.6 Å². The number of benzene rings is 2. The molecule has 0 atom stereocenters. The third-order valence-corrected chi connectivity index (χ3v) is 4.22. The van der Waals surface area contributed by atoms with Gasteiger partial charge in [-0.1, -0.05) is 60.1 Å². The minimum Gasteiger partial charge on any atom is -0.360 e. The van der Waals surface area contributed by atoms with E-state index in [2.05, 4.69) is 34.8 Å². The van der Waals surface area contributed by atoms with Gasteiger partial charge in [-0.3, -0.25) is 4.79 Å². The summed E-state index contributed by atoms with van der Waals surface area (Å²) in [5.74, 6) is 0.526. The second kappa shape index (κ2) is 5.49. The standard InChI is InChI=1S/C18H16BrNO/c1-11(2)12-3-5-13(6-4-12)18(21)16-10-20-17-9-14(19)7-8-15(16)17/h3-11,20H,1-2H3. The van der Waals surface area contributed by atoms with E-state index >= 15 is 0 Å². The van der Waals surface area contributed by atoms with Gasteiger partial charge >= 0.3 is 0 Å². The van der Waals surface area contributed by atoms with Crippen LogP contribution in [0.2, 0.25) is 0 Å². The molecule has 3 aromatic rings. The van der Waals surface area contributed by atoms with Crippen LogP contribution in [0.25, 0.3) is 10.9 Å². The first-order valence-corrected chi connectivity index (χ1v) is 7.77. The van der Waals surface area contributed by atoms with Gasteiger partial charge in [0.2, 0.25) is 0 Å². The maximum absolute atomic E-state index is 12.7. The number of halogens is 1. The molecular weight excluding hydrogens is 326 g/mol. The Kier molecular flexibility index (Phi) is 3.68. The monoisotopic (exact) mass is 341 g/mol. The van der Waals surface area contributed by atoms with E-state index in [1.807, 2.05) is 42.5 Å². The summed E-state index contributed by atoms with van der Waals surface area (Å²) in [6.45, 7) is 4.29. The van der Waals surface area contributed by atoms with E-state index in [-0.39, 0.29) is 5.78 Å². The van der Waals surface area contributed by atoms with Gasteiger partial charge in [-0.25, -0.2) is 0 Å². The molecule has 0 aliphatic rings. The number of ketones is 1. The Morgan fingerprint density at radius 1 is 1.10 bits per heavy atom. The molecule has 0 amide bonds. The first-order valence-electron chi connectivity index (χ1n) is 6.97.